The molecule has 0 saturated carbocycles. The maximum Gasteiger partial charge on any atom is 0.132 e. The topological polar surface area (TPSA) is 28.7 Å². The van der Waals surface area contributed by atoms with Gasteiger partial charge in [-0.15, -0.1) is 0 Å². The minimum atomic E-state index is 0.898. The van der Waals surface area contributed by atoms with Gasteiger partial charge >= 0.3 is 0 Å². The fourth-order valence-corrected chi connectivity index (χ4v) is 0.750. The molecule has 0 aromatic carbocycles. The number of imidazole rings is 1. The third kappa shape index (κ3) is 1.10. The normalized spacial score (nSPS) is 9.90. The maximum absolute atomic E-state index is 4.25. The summed E-state index contributed by atoms with van der Waals surface area (Å²) >= 11 is 0. The summed E-state index contributed by atoms with van der Waals surface area (Å²) in [6.07, 6.45) is 0. The van der Waals surface area contributed by atoms with Crippen LogP contribution in [0.4, 0.5) is 0 Å². The first-order valence-corrected chi connectivity index (χ1v) is 3.30. The van der Waals surface area contributed by atoms with Crippen LogP contribution in [0.2, 0.25) is 0 Å². The molecule has 0 spiro atoms. The first-order chi connectivity index (χ1) is 4.61. The largest absolute Gasteiger partial charge is 0.342 e. The van der Waals surface area contributed by atoms with Gasteiger partial charge in [0, 0.05) is 5.69 Å². The Balaban J connectivity index is 3.10. The maximum atomic E-state index is 4.25. The van der Waals surface area contributed by atoms with Gasteiger partial charge in [-0.25, -0.2) is 4.98 Å². The fraction of sp³-hybridized carbons (Fsp3) is 0.375. The number of rotatable bonds is 1. The molecule has 0 saturated heterocycles. The van der Waals surface area contributed by atoms with Crippen molar-refractivity contribution in [3.8, 4) is 0 Å². The number of allylic oxidation sites excluding steroid dienone is 1. The summed E-state index contributed by atoms with van der Waals surface area (Å²) in [5, 5.41) is 0. The van der Waals surface area contributed by atoms with E-state index in [9.17, 15) is 0 Å². The quantitative estimate of drug-likeness (QED) is 0.629. The lowest BCUT2D eigenvalue weighted by Gasteiger charge is -1.88. The van der Waals surface area contributed by atoms with E-state index in [1.807, 2.05) is 20.8 Å². The second-order valence-corrected chi connectivity index (χ2v) is 2.58. The van der Waals surface area contributed by atoms with Gasteiger partial charge in [-0.05, 0) is 26.3 Å². The van der Waals surface area contributed by atoms with Crippen LogP contribution >= 0.6 is 0 Å². The predicted octanol–water partition coefficient (Wildman–Crippen LogP) is 2.06. The lowest BCUT2D eigenvalue weighted by Crippen LogP contribution is -1.79. The zero-order valence-electron chi connectivity index (χ0n) is 6.65. The Hall–Kier alpha value is -1.05. The molecule has 0 aliphatic rings. The number of nitrogens with zero attached hydrogens (tertiary/aromatic N) is 1. The van der Waals surface area contributed by atoms with E-state index in [2.05, 4.69) is 16.5 Å². The zero-order chi connectivity index (χ0) is 7.72. The van der Waals surface area contributed by atoms with Crippen LogP contribution in [0.5, 0.6) is 0 Å². The highest BCUT2D eigenvalue weighted by Gasteiger charge is 2.00. The highest BCUT2D eigenvalue weighted by molar-refractivity contribution is 5.54. The van der Waals surface area contributed by atoms with Crippen molar-refractivity contribution >= 4 is 5.57 Å². The molecule has 2 nitrogen and oxygen atoms in total. The summed E-state index contributed by atoms with van der Waals surface area (Å²) in [5.74, 6) is 0.898. The molecule has 0 amide bonds. The van der Waals surface area contributed by atoms with Gasteiger partial charge in [-0.1, -0.05) is 6.58 Å². The van der Waals surface area contributed by atoms with Crippen LogP contribution in [0.25, 0.3) is 5.57 Å². The smallest absolute Gasteiger partial charge is 0.132 e. The number of aryl methyl sites for hydroxylation is 2. The van der Waals surface area contributed by atoms with E-state index in [4.69, 9.17) is 0 Å². The monoisotopic (exact) mass is 136 g/mol. The van der Waals surface area contributed by atoms with Crippen LogP contribution in [-0.2, 0) is 0 Å². The minimum Gasteiger partial charge on any atom is -0.342 e. The molecule has 0 unspecified atom stereocenters. The van der Waals surface area contributed by atoms with Crippen molar-refractivity contribution in [3.05, 3.63) is 23.8 Å². The number of H-pyrrole nitrogens is 1. The van der Waals surface area contributed by atoms with Crippen LogP contribution in [0, 0.1) is 13.8 Å². The summed E-state index contributed by atoms with van der Waals surface area (Å²) in [5.41, 5.74) is 3.16. The molecule has 0 bridgehead atoms. The van der Waals surface area contributed by atoms with Crippen molar-refractivity contribution in [2.45, 2.75) is 20.8 Å². The molecule has 0 fully saturated rings. The molecule has 0 atom stereocenters. The lowest BCUT2D eigenvalue weighted by molar-refractivity contribution is 1.20. The number of aromatic amines is 1. The van der Waals surface area contributed by atoms with E-state index in [0.717, 1.165) is 22.8 Å². The molecule has 1 N–H and O–H groups in total. The van der Waals surface area contributed by atoms with Gasteiger partial charge < -0.3 is 4.98 Å². The first-order valence-electron chi connectivity index (χ1n) is 3.30. The number of aromatic nitrogens is 2. The van der Waals surface area contributed by atoms with Gasteiger partial charge in [0.2, 0.25) is 0 Å². The molecule has 1 heterocycles. The molecule has 1 aromatic heterocycles. The Morgan fingerprint density at radius 2 is 2.10 bits per heavy atom. The van der Waals surface area contributed by atoms with Gasteiger partial charge in [0.25, 0.3) is 0 Å². The zero-order valence-corrected chi connectivity index (χ0v) is 6.65. The molecule has 10 heavy (non-hydrogen) atoms. The van der Waals surface area contributed by atoms with E-state index in [1.165, 1.54) is 0 Å². The van der Waals surface area contributed by atoms with Crippen LogP contribution < -0.4 is 0 Å². The van der Waals surface area contributed by atoms with Gasteiger partial charge in [0.05, 0.1) is 5.69 Å². The average molecular weight is 136 g/mol. The third-order valence-electron chi connectivity index (χ3n) is 1.53. The van der Waals surface area contributed by atoms with Gasteiger partial charge in [-0.3, -0.25) is 0 Å². The Morgan fingerprint density at radius 1 is 1.50 bits per heavy atom. The van der Waals surface area contributed by atoms with Crippen LogP contribution in [0.3, 0.4) is 0 Å². The Kier molecular flexibility index (Phi) is 1.62. The molecular formula is C8H12N2. The summed E-state index contributed by atoms with van der Waals surface area (Å²) in [7, 11) is 0. The van der Waals surface area contributed by atoms with E-state index < -0.39 is 0 Å². The molecule has 0 aliphatic heterocycles. The molecule has 2 heteroatoms. The van der Waals surface area contributed by atoms with Crippen molar-refractivity contribution in [1.82, 2.24) is 9.97 Å². The second kappa shape index (κ2) is 2.29. The average Bonchev–Trinajstić information content (AvgIpc) is 2.13. The number of hydrogen-bond acceptors (Lipinski definition) is 1. The fourth-order valence-electron chi connectivity index (χ4n) is 0.750. The first kappa shape index (κ1) is 7.06. The van der Waals surface area contributed by atoms with Crippen molar-refractivity contribution in [2.75, 3.05) is 0 Å². The summed E-state index contributed by atoms with van der Waals surface area (Å²) in [6.45, 7) is 9.72. The van der Waals surface area contributed by atoms with E-state index >= 15 is 0 Å². The summed E-state index contributed by atoms with van der Waals surface area (Å²) in [4.78, 5) is 7.39. The standard InChI is InChI=1S/C8H12N2/c1-5(2)8-9-6(3)7(4)10-8/h1H2,2-4H3,(H,9,10). The predicted molar refractivity (Wildman–Crippen MR) is 42.8 cm³/mol. The highest BCUT2D eigenvalue weighted by Crippen LogP contribution is 2.09. The van der Waals surface area contributed by atoms with Crippen molar-refractivity contribution in [1.29, 1.82) is 0 Å². The SMILES string of the molecule is C=C(C)c1nc(C)c(C)[nH]1. The van der Waals surface area contributed by atoms with E-state index in [-0.39, 0.29) is 0 Å². The van der Waals surface area contributed by atoms with E-state index in [0.29, 0.717) is 0 Å². The van der Waals surface area contributed by atoms with Crippen molar-refractivity contribution in [2.24, 2.45) is 0 Å². The molecule has 54 valence electrons. The Labute approximate surface area is 61.0 Å². The summed E-state index contributed by atoms with van der Waals surface area (Å²) in [6, 6.07) is 0. The lowest BCUT2D eigenvalue weighted by atomic mass is 10.3. The van der Waals surface area contributed by atoms with Crippen molar-refractivity contribution < 1.29 is 0 Å². The number of hydrogen-bond donors (Lipinski definition) is 1. The second-order valence-electron chi connectivity index (χ2n) is 2.58. The highest BCUT2D eigenvalue weighted by atomic mass is 14.9. The molecule has 1 rings (SSSR count). The minimum absolute atomic E-state index is 0.898. The van der Waals surface area contributed by atoms with Gasteiger partial charge in [0.15, 0.2) is 0 Å². The van der Waals surface area contributed by atoms with E-state index in [1.54, 1.807) is 0 Å². The summed E-state index contributed by atoms with van der Waals surface area (Å²) < 4.78 is 0. The van der Waals surface area contributed by atoms with Crippen LogP contribution in [-0.4, -0.2) is 9.97 Å². The molecule has 0 radical (unpaired) electrons. The van der Waals surface area contributed by atoms with Crippen LogP contribution in [0.1, 0.15) is 24.1 Å². The van der Waals surface area contributed by atoms with Gasteiger partial charge in [-0.2, -0.15) is 0 Å². The number of nitrogens with one attached hydrogen (secondary N) is 1. The third-order valence-corrected chi connectivity index (χ3v) is 1.53. The van der Waals surface area contributed by atoms with Crippen molar-refractivity contribution in [3.63, 3.8) is 0 Å². The van der Waals surface area contributed by atoms with Gasteiger partial charge in [0.1, 0.15) is 5.82 Å². The molecular weight excluding hydrogens is 124 g/mol. The van der Waals surface area contributed by atoms with Crippen LogP contribution in [0.15, 0.2) is 6.58 Å². The molecule has 1 aromatic rings. The molecule has 0 aliphatic carbocycles. The Morgan fingerprint density at radius 3 is 2.30 bits per heavy atom. The Bertz CT molecular complexity index is 239.